The van der Waals surface area contributed by atoms with E-state index in [0.717, 1.165) is 39.6 Å². The number of hydrogen-bond acceptors (Lipinski definition) is 4. The van der Waals surface area contributed by atoms with Crippen molar-refractivity contribution in [2.45, 2.75) is 67.2 Å². The van der Waals surface area contributed by atoms with E-state index in [1.165, 1.54) is 11.1 Å². The standard InChI is InChI=1S/C26H32N2O2S/c1-7-20(5)28(26(29)22-10-8-9-17(2)12-22)14-23-16-31-25(27-23)15-30-24-13-18(3)11-19(4)21(24)6/h8-13,16,20H,7,14-15H2,1-6H3/t20-/m0/s1. The molecule has 31 heavy (non-hydrogen) atoms. The Morgan fingerprint density at radius 3 is 2.61 bits per heavy atom. The molecule has 0 N–H and O–H groups in total. The van der Waals surface area contributed by atoms with Crippen molar-refractivity contribution >= 4 is 17.2 Å². The Morgan fingerprint density at radius 1 is 1.13 bits per heavy atom. The van der Waals surface area contributed by atoms with Gasteiger partial charge in [-0.1, -0.05) is 30.7 Å². The molecule has 0 aliphatic heterocycles. The fourth-order valence-corrected chi connectivity index (χ4v) is 4.24. The largest absolute Gasteiger partial charge is 0.486 e. The van der Waals surface area contributed by atoms with Gasteiger partial charge in [-0.3, -0.25) is 4.79 Å². The highest BCUT2D eigenvalue weighted by atomic mass is 32.1. The van der Waals surface area contributed by atoms with Crippen LogP contribution in [-0.2, 0) is 13.2 Å². The second-order valence-electron chi connectivity index (χ2n) is 8.29. The smallest absolute Gasteiger partial charge is 0.254 e. The fraction of sp³-hybridized carbons (Fsp3) is 0.385. The summed E-state index contributed by atoms with van der Waals surface area (Å²) in [6.07, 6.45) is 0.893. The van der Waals surface area contributed by atoms with E-state index in [4.69, 9.17) is 9.72 Å². The number of aryl methyl sites for hydroxylation is 3. The van der Waals surface area contributed by atoms with Crippen LogP contribution in [0.15, 0.2) is 41.8 Å². The topological polar surface area (TPSA) is 42.4 Å². The molecule has 0 spiro atoms. The monoisotopic (exact) mass is 436 g/mol. The Bertz CT molecular complexity index is 1060. The van der Waals surface area contributed by atoms with Gasteiger partial charge in [-0.2, -0.15) is 0 Å². The van der Waals surface area contributed by atoms with E-state index in [0.29, 0.717) is 13.2 Å². The van der Waals surface area contributed by atoms with E-state index in [9.17, 15) is 4.79 Å². The van der Waals surface area contributed by atoms with Crippen LogP contribution in [0.4, 0.5) is 0 Å². The Morgan fingerprint density at radius 2 is 1.90 bits per heavy atom. The fourth-order valence-electron chi connectivity index (χ4n) is 3.54. The van der Waals surface area contributed by atoms with Gasteiger partial charge in [0.25, 0.3) is 5.91 Å². The lowest BCUT2D eigenvalue weighted by molar-refractivity contribution is 0.0669. The van der Waals surface area contributed by atoms with Gasteiger partial charge in [0.15, 0.2) is 0 Å². The predicted octanol–water partition coefficient (Wildman–Crippen LogP) is 6.40. The van der Waals surface area contributed by atoms with Gasteiger partial charge in [-0.05, 0) is 75.9 Å². The molecule has 1 aromatic heterocycles. The summed E-state index contributed by atoms with van der Waals surface area (Å²) in [5.41, 5.74) is 6.30. The summed E-state index contributed by atoms with van der Waals surface area (Å²) in [7, 11) is 0. The normalized spacial score (nSPS) is 11.9. The number of rotatable bonds is 8. The third-order valence-electron chi connectivity index (χ3n) is 5.70. The number of amides is 1. The van der Waals surface area contributed by atoms with Crippen molar-refractivity contribution < 1.29 is 9.53 Å². The van der Waals surface area contributed by atoms with Gasteiger partial charge >= 0.3 is 0 Å². The lowest BCUT2D eigenvalue weighted by Gasteiger charge is -2.28. The van der Waals surface area contributed by atoms with Gasteiger partial charge < -0.3 is 9.64 Å². The molecule has 4 nitrogen and oxygen atoms in total. The Hall–Kier alpha value is -2.66. The van der Waals surface area contributed by atoms with Gasteiger partial charge in [0.05, 0.1) is 12.2 Å². The molecule has 1 amide bonds. The van der Waals surface area contributed by atoms with Gasteiger partial charge in [-0.25, -0.2) is 4.98 Å². The Balaban J connectivity index is 1.72. The van der Waals surface area contributed by atoms with Crippen LogP contribution in [-0.4, -0.2) is 21.8 Å². The van der Waals surface area contributed by atoms with Crippen LogP contribution in [0.1, 0.15) is 63.6 Å². The molecule has 0 radical (unpaired) electrons. The van der Waals surface area contributed by atoms with Crippen molar-refractivity contribution in [1.29, 1.82) is 0 Å². The molecular formula is C26H32N2O2S. The molecule has 3 aromatic rings. The molecule has 2 aromatic carbocycles. The Labute approximate surface area is 189 Å². The van der Waals surface area contributed by atoms with E-state index in [2.05, 4.69) is 46.8 Å². The Kier molecular flexibility index (Phi) is 7.50. The first-order valence-electron chi connectivity index (χ1n) is 10.8. The zero-order chi connectivity index (χ0) is 22.5. The van der Waals surface area contributed by atoms with Gasteiger partial charge in [-0.15, -0.1) is 11.3 Å². The number of carbonyl (C=O) groups is 1. The number of carbonyl (C=O) groups excluding carboxylic acids is 1. The first-order valence-corrected chi connectivity index (χ1v) is 11.7. The predicted molar refractivity (Wildman–Crippen MR) is 128 cm³/mol. The van der Waals surface area contributed by atoms with E-state index >= 15 is 0 Å². The van der Waals surface area contributed by atoms with Crippen molar-refractivity contribution in [3.63, 3.8) is 0 Å². The molecule has 1 atom stereocenters. The first kappa shape index (κ1) is 23.0. The molecule has 5 heteroatoms. The molecule has 0 unspecified atom stereocenters. The molecule has 3 rings (SSSR count). The summed E-state index contributed by atoms with van der Waals surface area (Å²) in [4.78, 5) is 19.9. The van der Waals surface area contributed by atoms with E-state index in [1.54, 1.807) is 11.3 Å². The molecule has 0 aliphatic rings. The van der Waals surface area contributed by atoms with Crippen molar-refractivity contribution in [3.05, 3.63) is 80.3 Å². The van der Waals surface area contributed by atoms with E-state index in [1.807, 2.05) is 41.5 Å². The lowest BCUT2D eigenvalue weighted by atomic mass is 10.1. The molecule has 0 fully saturated rings. The zero-order valence-electron chi connectivity index (χ0n) is 19.4. The van der Waals surface area contributed by atoms with Crippen LogP contribution in [0.2, 0.25) is 0 Å². The first-order chi connectivity index (χ1) is 14.8. The maximum absolute atomic E-state index is 13.2. The number of benzene rings is 2. The molecule has 0 saturated carbocycles. The number of aromatic nitrogens is 1. The summed E-state index contributed by atoms with van der Waals surface area (Å²) in [6.45, 7) is 13.4. The lowest BCUT2D eigenvalue weighted by Crippen LogP contribution is -2.38. The average Bonchev–Trinajstić information content (AvgIpc) is 3.20. The van der Waals surface area contributed by atoms with Gasteiger partial charge in [0, 0.05) is 17.0 Å². The third-order valence-corrected chi connectivity index (χ3v) is 6.57. The summed E-state index contributed by atoms with van der Waals surface area (Å²) < 4.78 is 6.07. The van der Waals surface area contributed by atoms with Crippen LogP contribution in [0.5, 0.6) is 5.75 Å². The maximum Gasteiger partial charge on any atom is 0.254 e. The SMILES string of the molecule is CC[C@H](C)N(Cc1csc(COc2cc(C)cc(C)c2C)n1)C(=O)c1cccc(C)c1. The molecule has 1 heterocycles. The summed E-state index contributed by atoms with van der Waals surface area (Å²) in [5, 5.41) is 2.95. The average molecular weight is 437 g/mol. The molecule has 164 valence electrons. The number of nitrogens with zero attached hydrogens (tertiary/aromatic N) is 2. The zero-order valence-corrected chi connectivity index (χ0v) is 20.2. The second kappa shape index (κ2) is 10.1. The minimum atomic E-state index is 0.0507. The van der Waals surface area contributed by atoms with Gasteiger partial charge in [0.2, 0.25) is 0 Å². The van der Waals surface area contributed by atoms with Crippen LogP contribution in [0.3, 0.4) is 0 Å². The third kappa shape index (κ3) is 5.73. The maximum atomic E-state index is 13.2. The number of thiazole rings is 1. The minimum Gasteiger partial charge on any atom is -0.486 e. The molecular weight excluding hydrogens is 404 g/mol. The van der Waals surface area contributed by atoms with Crippen molar-refractivity contribution in [2.24, 2.45) is 0 Å². The van der Waals surface area contributed by atoms with Crippen molar-refractivity contribution in [2.75, 3.05) is 0 Å². The van der Waals surface area contributed by atoms with E-state index < -0.39 is 0 Å². The second-order valence-corrected chi connectivity index (χ2v) is 9.23. The summed E-state index contributed by atoms with van der Waals surface area (Å²) >= 11 is 1.58. The highest BCUT2D eigenvalue weighted by molar-refractivity contribution is 7.09. The minimum absolute atomic E-state index is 0.0507. The van der Waals surface area contributed by atoms with Crippen molar-refractivity contribution in [3.8, 4) is 5.75 Å². The number of hydrogen-bond donors (Lipinski definition) is 0. The molecule has 0 saturated heterocycles. The van der Waals surface area contributed by atoms with Crippen LogP contribution < -0.4 is 4.74 Å². The highest BCUT2D eigenvalue weighted by Crippen LogP contribution is 2.25. The molecule has 0 bridgehead atoms. The molecule has 0 aliphatic carbocycles. The van der Waals surface area contributed by atoms with E-state index in [-0.39, 0.29) is 11.9 Å². The van der Waals surface area contributed by atoms with Crippen molar-refractivity contribution in [1.82, 2.24) is 9.88 Å². The highest BCUT2D eigenvalue weighted by Gasteiger charge is 2.22. The summed E-state index contributed by atoms with van der Waals surface area (Å²) in [6, 6.07) is 12.1. The van der Waals surface area contributed by atoms with Gasteiger partial charge in [0.1, 0.15) is 17.4 Å². The van der Waals surface area contributed by atoms with Crippen LogP contribution in [0, 0.1) is 27.7 Å². The van der Waals surface area contributed by atoms with Crippen LogP contribution >= 0.6 is 11.3 Å². The summed E-state index contributed by atoms with van der Waals surface area (Å²) in [5.74, 6) is 0.958. The quantitative estimate of drug-likeness (QED) is 0.410. The van der Waals surface area contributed by atoms with Crippen LogP contribution in [0.25, 0.3) is 0 Å². The number of ether oxygens (including phenoxy) is 1.